The number of Topliss-reactive ketones (excluding diaryl/α,β-unsaturated/α-hetero) is 1. The van der Waals surface area contributed by atoms with Crippen molar-refractivity contribution in [3.05, 3.63) is 58.9 Å². The molecule has 1 aliphatic heterocycles. The summed E-state index contributed by atoms with van der Waals surface area (Å²) in [7, 11) is 0. The first-order chi connectivity index (χ1) is 16.2. The smallest absolute Gasteiger partial charge is 0.344 e. The number of benzene rings is 2. The number of rotatable bonds is 8. The number of amides is 1. The lowest BCUT2D eigenvalue weighted by Crippen LogP contribution is -2.50. The van der Waals surface area contributed by atoms with Gasteiger partial charge in [0, 0.05) is 31.7 Å². The molecule has 0 aromatic heterocycles. The fourth-order valence-corrected chi connectivity index (χ4v) is 3.83. The fraction of sp³-hybridized carbons (Fsp3) is 0.423. The normalized spacial score (nSPS) is 13.7. The lowest BCUT2D eigenvalue weighted by atomic mass is 10.0. The van der Waals surface area contributed by atoms with Crippen LogP contribution in [-0.2, 0) is 14.3 Å². The van der Waals surface area contributed by atoms with E-state index in [9.17, 15) is 18.8 Å². The van der Waals surface area contributed by atoms with Crippen LogP contribution in [0.15, 0.2) is 36.4 Å². The van der Waals surface area contributed by atoms with Crippen LogP contribution in [0.2, 0.25) is 0 Å². The van der Waals surface area contributed by atoms with Crippen LogP contribution in [0.3, 0.4) is 0 Å². The van der Waals surface area contributed by atoms with Crippen molar-refractivity contribution in [1.29, 1.82) is 0 Å². The highest BCUT2D eigenvalue weighted by molar-refractivity contribution is 5.94. The zero-order valence-corrected chi connectivity index (χ0v) is 20.1. The molecule has 8 heteroatoms. The van der Waals surface area contributed by atoms with Crippen molar-refractivity contribution in [2.24, 2.45) is 0 Å². The van der Waals surface area contributed by atoms with Crippen molar-refractivity contribution in [3.8, 4) is 5.75 Å². The predicted molar refractivity (Wildman–Crippen MR) is 127 cm³/mol. The van der Waals surface area contributed by atoms with Gasteiger partial charge in [-0.1, -0.05) is 26.0 Å². The molecular weight excluding hydrogens is 439 g/mol. The van der Waals surface area contributed by atoms with E-state index in [2.05, 4.69) is 0 Å². The zero-order chi connectivity index (χ0) is 24.8. The Morgan fingerprint density at radius 1 is 1.00 bits per heavy atom. The van der Waals surface area contributed by atoms with Crippen LogP contribution in [0.5, 0.6) is 5.75 Å². The Morgan fingerprint density at radius 2 is 1.71 bits per heavy atom. The lowest BCUT2D eigenvalue weighted by Gasteiger charge is -2.36. The van der Waals surface area contributed by atoms with Crippen molar-refractivity contribution >= 4 is 23.3 Å². The van der Waals surface area contributed by atoms with Gasteiger partial charge in [0.05, 0.1) is 5.69 Å². The Balaban J connectivity index is 1.45. The average molecular weight is 471 g/mol. The maximum absolute atomic E-state index is 14.4. The van der Waals surface area contributed by atoms with Gasteiger partial charge in [-0.2, -0.15) is 0 Å². The minimum absolute atomic E-state index is 0.194. The fourth-order valence-electron chi connectivity index (χ4n) is 3.83. The van der Waals surface area contributed by atoms with E-state index in [4.69, 9.17) is 9.47 Å². The second kappa shape index (κ2) is 11.1. The monoisotopic (exact) mass is 470 g/mol. The quantitative estimate of drug-likeness (QED) is 0.432. The summed E-state index contributed by atoms with van der Waals surface area (Å²) in [4.78, 5) is 39.4. The molecule has 0 radical (unpaired) electrons. The molecule has 2 aromatic rings. The zero-order valence-electron chi connectivity index (χ0n) is 20.1. The summed E-state index contributed by atoms with van der Waals surface area (Å²) in [6, 6.07) is 10.3. The van der Waals surface area contributed by atoms with Gasteiger partial charge >= 0.3 is 5.97 Å². The third-order valence-corrected chi connectivity index (χ3v) is 5.82. The van der Waals surface area contributed by atoms with E-state index in [1.807, 2.05) is 43.9 Å². The molecule has 0 aliphatic carbocycles. The Bertz CT molecular complexity index is 1060. The van der Waals surface area contributed by atoms with Gasteiger partial charge in [-0.15, -0.1) is 0 Å². The number of carbonyl (C=O) groups excluding carboxylic acids is 3. The van der Waals surface area contributed by atoms with Crippen molar-refractivity contribution in [3.63, 3.8) is 0 Å². The number of hydrogen-bond donors (Lipinski definition) is 0. The van der Waals surface area contributed by atoms with Gasteiger partial charge in [0.15, 0.2) is 19.0 Å². The first-order valence-corrected chi connectivity index (χ1v) is 11.4. The van der Waals surface area contributed by atoms with Crippen molar-refractivity contribution < 1.29 is 28.2 Å². The summed E-state index contributed by atoms with van der Waals surface area (Å²) in [5.74, 6) is -0.698. The van der Waals surface area contributed by atoms with E-state index in [1.54, 1.807) is 17.0 Å². The number of anilines is 1. The second-order valence-corrected chi connectivity index (χ2v) is 8.74. The van der Waals surface area contributed by atoms with Crippen LogP contribution >= 0.6 is 0 Å². The molecule has 0 bridgehead atoms. The van der Waals surface area contributed by atoms with Crippen LogP contribution in [0.4, 0.5) is 10.1 Å². The molecule has 1 amide bonds. The molecule has 0 N–H and O–H groups in total. The van der Waals surface area contributed by atoms with E-state index in [0.717, 1.165) is 11.1 Å². The summed E-state index contributed by atoms with van der Waals surface area (Å²) >= 11 is 0. The first-order valence-electron chi connectivity index (χ1n) is 11.4. The van der Waals surface area contributed by atoms with Gasteiger partial charge < -0.3 is 19.3 Å². The topological polar surface area (TPSA) is 76.2 Å². The van der Waals surface area contributed by atoms with Gasteiger partial charge in [-0.05, 0) is 55.2 Å². The number of ketones is 1. The molecule has 182 valence electrons. The molecule has 7 nitrogen and oxygen atoms in total. The SMILES string of the molecule is CC(=O)c1ccc(N2CCN(C(=O)COC(=O)COc3cc(C)ccc3C(C)C)CC2)c(F)c1. The van der Waals surface area contributed by atoms with Crippen LogP contribution in [0, 0.1) is 12.7 Å². The van der Waals surface area contributed by atoms with Crippen molar-refractivity contribution in [2.75, 3.05) is 44.3 Å². The minimum Gasteiger partial charge on any atom is -0.482 e. The van der Waals surface area contributed by atoms with E-state index in [1.165, 1.54) is 13.0 Å². The highest BCUT2D eigenvalue weighted by Gasteiger charge is 2.24. The number of nitrogens with zero attached hydrogens (tertiary/aromatic N) is 2. The Morgan fingerprint density at radius 3 is 2.32 bits per heavy atom. The predicted octanol–water partition coefficient (Wildman–Crippen LogP) is 3.73. The van der Waals surface area contributed by atoms with Gasteiger partial charge in [-0.3, -0.25) is 9.59 Å². The standard InChI is InChI=1S/C26H31FN2O5/c1-17(2)21-7-5-18(3)13-24(21)33-16-26(32)34-15-25(31)29-11-9-28(10-12-29)23-8-6-20(19(4)30)14-22(23)27/h5-8,13-14,17H,9-12,15-16H2,1-4H3. The first kappa shape index (κ1) is 25.2. The van der Waals surface area contributed by atoms with Gasteiger partial charge in [0.2, 0.25) is 0 Å². The van der Waals surface area contributed by atoms with E-state index in [-0.39, 0.29) is 30.8 Å². The average Bonchev–Trinajstić information content (AvgIpc) is 2.81. The molecule has 0 unspecified atom stereocenters. The molecule has 3 rings (SSSR count). The highest BCUT2D eigenvalue weighted by Crippen LogP contribution is 2.27. The molecule has 1 fully saturated rings. The summed E-state index contributed by atoms with van der Waals surface area (Å²) in [5, 5.41) is 0. The second-order valence-electron chi connectivity index (χ2n) is 8.74. The number of aryl methyl sites for hydroxylation is 1. The summed E-state index contributed by atoms with van der Waals surface area (Å²) in [5.41, 5.74) is 2.75. The number of ether oxygens (including phenoxy) is 2. The molecule has 1 aliphatic rings. The van der Waals surface area contributed by atoms with Crippen molar-refractivity contribution in [1.82, 2.24) is 4.90 Å². The Kier molecular flexibility index (Phi) is 8.26. The maximum atomic E-state index is 14.4. The molecule has 2 aromatic carbocycles. The molecule has 0 saturated carbocycles. The number of piperazine rings is 1. The molecular formula is C26H31FN2O5. The number of hydrogen-bond acceptors (Lipinski definition) is 6. The third-order valence-electron chi connectivity index (χ3n) is 5.82. The Hall–Kier alpha value is -3.42. The largest absolute Gasteiger partial charge is 0.482 e. The van der Waals surface area contributed by atoms with Gasteiger partial charge in [0.25, 0.3) is 5.91 Å². The van der Waals surface area contributed by atoms with Crippen molar-refractivity contribution in [2.45, 2.75) is 33.6 Å². The minimum atomic E-state index is -0.615. The maximum Gasteiger partial charge on any atom is 0.344 e. The Labute approximate surface area is 199 Å². The third kappa shape index (κ3) is 6.34. The van der Waals surface area contributed by atoms with E-state index in [0.29, 0.717) is 43.2 Å². The number of esters is 1. The highest BCUT2D eigenvalue weighted by atomic mass is 19.1. The summed E-state index contributed by atoms with van der Waals surface area (Å²) in [6.45, 7) is 8.41. The van der Waals surface area contributed by atoms with Crippen LogP contribution in [0.25, 0.3) is 0 Å². The molecule has 1 saturated heterocycles. The van der Waals surface area contributed by atoms with E-state index < -0.39 is 11.8 Å². The number of halogens is 1. The summed E-state index contributed by atoms with van der Waals surface area (Å²) < 4.78 is 25.2. The molecule has 34 heavy (non-hydrogen) atoms. The van der Waals surface area contributed by atoms with Gasteiger partial charge in [0.1, 0.15) is 11.6 Å². The van der Waals surface area contributed by atoms with Crippen LogP contribution < -0.4 is 9.64 Å². The lowest BCUT2D eigenvalue weighted by molar-refractivity contribution is -0.153. The molecule has 0 atom stereocenters. The van der Waals surface area contributed by atoms with Crippen LogP contribution in [-0.4, -0.2) is 62.0 Å². The molecule has 0 spiro atoms. The number of carbonyl (C=O) groups is 3. The van der Waals surface area contributed by atoms with Crippen LogP contribution in [0.1, 0.15) is 48.2 Å². The van der Waals surface area contributed by atoms with E-state index >= 15 is 0 Å². The van der Waals surface area contributed by atoms with Gasteiger partial charge in [-0.25, -0.2) is 9.18 Å². The summed E-state index contributed by atoms with van der Waals surface area (Å²) in [6.07, 6.45) is 0. The molecule has 1 heterocycles.